The summed E-state index contributed by atoms with van der Waals surface area (Å²) >= 11 is 1.61. The lowest BCUT2D eigenvalue weighted by molar-refractivity contribution is -0.124. The molecule has 0 unspecified atom stereocenters. The minimum Gasteiger partial charge on any atom is -0.341 e. The van der Waals surface area contributed by atoms with Crippen LogP contribution in [-0.4, -0.2) is 53.9 Å². The summed E-state index contributed by atoms with van der Waals surface area (Å²) in [6, 6.07) is 8.74. The smallest absolute Gasteiger partial charge is 0.246 e. The molecule has 0 spiro atoms. The van der Waals surface area contributed by atoms with Gasteiger partial charge in [-0.05, 0) is 38.1 Å². The Morgan fingerprint density at radius 2 is 2.00 bits per heavy atom. The predicted octanol–water partition coefficient (Wildman–Crippen LogP) is 3.64. The lowest BCUT2D eigenvalue weighted by Gasteiger charge is -2.26. The third kappa shape index (κ3) is 4.22. The highest BCUT2D eigenvalue weighted by Gasteiger charge is 2.19. The van der Waals surface area contributed by atoms with E-state index in [1.807, 2.05) is 31.3 Å². The van der Waals surface area contributed by atoms with E-state index in [1.165, 1.54) is 25.7 Å². The van der Waals surface area contributed by atoms with Gasteiger partial charge in [0, 0.05) is 32.3 Å². The van der Waals surface area contributed by atoms with Gasteiger partial charge in [0.15, 0.2) is 0 Å². The van der Waals surface area contributed by atoms with E-state index in [2.05, 4.69) is 23.0 Å². The molecule has 0 N–H and O–H groups in total. The number of fused-ring (bicyclic) bond motifs is 1. The fourth-order valence-corrected chi connectivity index (χ4v) is 4.05. The number of para-hydroxylation sites is 1. The SMILES string of the molecule is CN(CCN(C)C1CCCC1)C(=O)C=Cc1nc2ccccc2s1. The van der Waals surface area contributed by atoms with Gasteiger partial charge in [0.05, 0.1) is 10.2 Å². The molecular formula is C19H25N3OS. The van der Waals surface area contributed by atoms with Crippen molar-refractivity contribution in [3.8, 4) is 0 Å². The van der Waals surface area contributed by atoms with Crippen LogP contribution in [0.2, 0.25) is 0 Å². The molecule has 0 atom stereocenters. The Hall–Kier alpha value is -1.72. The zero-order chi connectivity index (χ0) is 16.9. The van der Waals surface area contributed by atoms with E-state index in [9.17, 15) is 4.79 Å². The maximum absolute atomic E-state index is 12.3. The number of rotatable bonds is 6. The number of aromatic nitrogens is 1. The third-order valence-corrected chi connectivity index (χ3v) is 5.79. The minimum absolute atomic E-state index is 0.0362. The van der Waals surface area contributed by atoms with Crippen LogP contribution in [0.15, 0.2) is 30.3 Å². The van der Waals surface area contributed by atoms with Crippen LogP contribution in [-0.2, 0) is 4.79 Å². The van der Waals surface area contributed by atoms with Crippen LogP contribution in [0.5, 0.6) is 0 Å². The first-order valence-electron chi connectivity index (χ1n) is 8.62. The van der Waals surface area contributed by atoms with Crippen LogP contribution in [0.25, 0.3) is 16.3 Å². The highest BCUT2D eigenvalue weighted by molar-refractivity contribution is 7.19. The number of carbonyl (C=O) groups is 1. The Kier molecular flexibility index (Phi) is 5.63. The molecule has 1 aromatic carbocycles. The number of hydrogen-bond donors (Lipinski definition) is 0. The molecule has 1 aliphatic carbocycles. The summed E-state index contributed by atoms with van der Waals surface area (Å²) in [5, 5.41) is 0.876. The molecule has 0 bridgehead atoms. The average molecular weight is 343 g/mol. The molecule has 0 aliphatic heterocycles. The van der Waals surface area contributed by atoms with Gasteiger partial charge in [-0.25, -0.2) is 4.98 Å². The summed E-state index contributed by atoms with van der Waals surface area (Å²) in [4.78, 5) is 21.0. The second kappa shape index (κ2) is 7.90. The van der Waals surface area contributed by atoms with Crippen LogP contribution in [0, 0.1) is 0 Å². The number of amides is 1. The van der Waals surface area contributed by atoms with Crippen molar-refractivity contribution in [2.75, 3.05) is 27.2 Å². The van der Waals surface area contributed by atoms with Gasteiger partial charge in [0.2, 0.25) is 5.91 Å². The van der Waals surface area contributed by atoms with Crippen LogP contribution >= 0.6 is 11.3 Å². The Balaban J connectivity index is 1.51. The van der Waals surface area contributed by atoms with Gasteiger partial charge in [-0.15, -0.1) is 11.3 Å². The van der Waals surface area contributed by atoms with Crippen LogP contribution in [0.4, 0.5) is 0 Å². The standard InChI is InChI=1S/C19H25N3OS/c1-21(15-7-3-4-8-15)13-14-22(2)19(23)12-11-18-20-16-9-5-6-10-17(16)24-18/h5-6,9-12,15H,3-4,7-8,13-14H2,1-2H3. The molecule has 0 saturated heterocycles. The number of thiazole rings is 1. The highest BCUT2D eigenvalue weighted by Crippen LogP contribution is 2.23. The van der Waals surface area contributed by atoms with Gasteiger partial charge in [0.25, 0.3) is 0 Å². The molecule has 4 nitrogen and oxygen atoms in total. The van der Waals surface area contributed by atoms with Crippen molar-refractivity contribution in [1.29, 1.82) is 0 Å². The number of carbonyl (C=O) groups excluding carboxylic acids is 1. The molecule has 24 heavy (non-hydrogen) atoms. The van der Waals surface area contributed by atoms with Gasteiger partial charge in [0.1, 0.15) is 5.01 Å². The van der Waals surface area contributed by atoms with E-state index in [1.54, 1.807) is 22.3 Å². The number of hydrogen-bond acceptors (Lipinski definition) is 4. The molecule has 1 aromatic heterocycles. The molecule has 1 heterocycles. The third-order valence-electron chi connectivity index (χ3n) is 4.79. The quantitative estimate of drug-likeness (QED) is 0.751. The van der Waals surface area contributed by atoms with Crippen molar-refractivity contribution in [1.82, 2.24) is 14.8 Å². The van der Waals surface area contributed by atoms with E-state index in [4.69, 9.17) is 0 Å². The van der Waals surface area contributed by atoms with Crippen LogP contribution in [0.3, 0.4) is 0 Å². The Labute approximate surface area is 147 Å². The van der Waals surface area contributed by atoms with Crippen molar-refractivity contribution in [2.24, 2.45) is 0 Å². The zero-order valence-corrected chi connectivity index (χ0v) is 15.3. The molecule has 1 aliphatic rings. The number of likely N-dealkylation sites (N-methyl/N-ethyl adjacent to an activating group) is 2. The van der Waals surface area contributed by atoms with Crippen molar-refractivity contribution < 1.29 is 4.79 Å². The van der Waals surface area contributed by atoms with E-state index in [-0.39, 0.29) is 5.91 Å². The second-order valence-electron chi connectivity index (χ2n) is 6.53. The predicted molar refractivity (Wildman–Crippen MR) is 101 cm³/mol. The van der Waals surface area contributed by atoms with E-state index in [0.29, 0.717) is 6.04 Å². The summed E-state index contributed by atoms with van der Waals surface area (Å²) in [5.74, 6) is 0.0362. The van der Waals surface area contributed by atoms with E-state index in [0.717, 1.165) is 28.3 Å². The summed E-state index contributed by atoms with van der Waals surface area (Å²) in [6.45, 7) is 1.69. The first kappa shape index (κ1) is 17.1. The number of benzene rings is 1. The monoisotopic (exact) mass is 343 g/mol. The lowest BCUT2D eigenvalue weighted by atomic mass is 10.2. The minimum atomic E-state index is 0.0362. The molecule has 5 heteroatoms. The van der Waals surface area contributed by atoms with Gasteiger partial charge in [-0.1, -0.05) is 25.0 Å². The normalized spacial score (nSPS) is 15.8. The Bertz CT molecular complexity index is 685. The van der Waals surface area contributed by atoms with Crippen LogP contribution < -0.4 is 0 Å². The Morgan fingerprint density at radius 1 is 1.25 bits per heavy atom. The largest absolute Gasteiger partial charge is 0.341 e. The second-order valence-corrected chi connectivity index (χ2v) is 7.59. The zero-order valence-electron chi connectivity index (χ0n) is 14.4. The molecule has 0 radical (unpaired) electrons. The van der Waals surface area contributed by atoms with E-state index >= 15 is 0 Å². The molecule has 1 amide bonds. The molecular weight excluding hydrogens is 318 g/mol. The first-order chi connectivity index (χ1) is 11.6. The molecule has 1 saturated carbocycles. The Morgan fingerprint density at radius 3 is 2.75 bits per heavy atom. The van der Waals surface area contributed by atoms with Gasteiger partial charge >= 0.3 is 0 Å². The summed E-state index contributed by atoms with van der Waals surface area (Å²) in [7, 11) is 4.04. The summed E-state index contributed by atoms with van der Waals surface area (Å²) < 4.78 is 1.15. The van der Waals surface area contributed by atoms with Gasteiger partial charge in [-0.3, -0.25) is 4.79 Å². The summed E-state index contributed by atoms with van der Waals surface area (Å²) in [5.41, 5.74) is 0.987. The highest BCUT2D eigenvalue weighted by atomic mass is 32.1. The van der Waals surface area contributed by atoms with E-state index < -0.39 is 0 Å². The molecule has 128 valence electrons. The maximum Gasteiger partial charge on any atom is 0.246 e. The average Bonchev–Trinajstić information content (AvgIpc) is 3.25. The van der Waals surface area contributed by atoms with Crippen LogP contribution in [0.1, 0.15) is 30.7 Å². The van der Waals surface area contributed by atoms with Crippen molar-refractivity contribution in [3.05, 3.63) is 35.3 Å². The van der Waals surface area contributed by atoms with Crippen molar-refractivity contribution in [3.63, 3.8) is 0 Å². The molecule has 2 aromatic rings. The van der Waals surface area contributed by atoms with Gasteiger partial charge < -0.3 is 9.80 Å². The molecule has 1 fully saturated rings. The first-order valence-corrected chi connectivity index (χ1v) is 9.44. The van der Waals surface area contributed by atoms with Crippen molar-refractivity contribution >= 4 is 33.5 Å². The van der Waals surface area contributed by atoms with Gasteiger partial charge in [-0.2, -0.15) is 0 Å². The van der Waals surface area contributed by atoms with Crippen molar-refractivity contribution in [2.45, 2.75) is 31.7 Å². The number of nitrogens with zero attached hydrogens (tertiary/aromatic N) is 3. The molecule has 3 rings (SSSR count). The fourth-order valence-electron chi connectivity index (χ4n) is 3.18. The topological polar surface area (TPSA) is 36.4 Å². The maximum atomic E-state index is 12.3. The summed E-state index contributed by atoms with van der Waals surface area (Å²) in [6.07, 6.45) is 8.73. The fraction of sp³-hybridized carbons (Fsp3) is 0.474. The lowest BCUT2D eigenvalue weighted by Crippen LogP contribution is -2.37.